The fourth-order valence-corrected chi connectivity index (χ4v) is 7.83. The molecule has 0 bridgehead atoms. The minimum absolute atomic E-state index is 0.135. The molecule has 0 fully saturated rings. The number of hydrazine groups is 1. The Balaban J connectivity index is 1.30. The third-order valence-electron chi connectivity index (χ3n) is 6.67. The monoisotopic (exact) mass is 548 g/mol. The van der Waals surface area contributed by atoms with Gasteiger partial charge in [0.1, 0.15) is 18.6 Å². The van der Waals surface area contributed by atoms with Crippen LogP contribution in [0.5, 0.6) is 0 Å². The molecule has 0 radical (unpaired) electrons. The number of hydrogen-bond donors (Lipinski definition) is 1. The second kappa shape index (κ2) is 9.28. The number of thioether (sulfide) groups is 1. The zero-order valence-corrected chi connectivity index (χ0v) is 23.8. The molecule has 2 aromatic rings. The Kier molecular flexibility index (Phi) is 6.56. The van der Waals surface area contributed by atoms with Crippen molar-refractivity contribution in [2.45, 2.75) is 50.4 Å². The predicted octanol–water partition coefficient (Wildman–Crippen LogP) is 2.24. The van der Waals surface area contributed by atoms with Gasteiger partial charge in [-0.25, -0.2) is 23.5 Å². The van der Waals surface area contributed by atoms with Crippen LogP contribution in [0.3, 0.4) is 0 Å². The van der Waals surface area contributed by atoms with Crippen molar-refractivity contribution < 1.29 is 17.9 Å². The lowest BCUT2D eigenvalue weighted by molar-refractivity contribution is -0.133. The molecule has 4 heterocycles. The van der Waals surface area contributed by atoms with Crippen LogP contribution in [-0.4, -0.2) is 84.3 Å². The van der Waals surface area contributed by atoms with Crippen LogP contribution in [0, 0.1) is 0 Å². The summed E-state index contributed by atoms with van der Waals surface area (Å²) < 4.78 is 31.8. The van der Waals surface area contributed by atoms with Gasteiger partial charge in [-0.15, -0.1) is 0 Å². The summed E-state index contributed by atoms with van der Waals surface area (Å²) in [6.07, 6.45) is 2.62. The number of rotatable bonds is 7. The molecule has 3 aliphatic heterocycles. The Bertz CT molecular complexity index is 1380. The van der Waals surface area contributed by atoms with E-state index in [-0.39, 0.29) is 21.7 Å². The summed E-state index contributed by atoms with van der Waals surface area (Å²) in [5.74, 6) is -0.135. The zero-order chi connectivity index (χ0) is 25.8. The number of ether oxygens (including phenoxy) is 1. The smallest absolute Gasteiger partial charge is 0.284 e. The van der Waals surface area contributed by atoms with Crippen molar-refractivity contribution in [3.05, 3.63) is 41.2 Å². The SMILES string of the molecule is CN1C2=C(CNN(Cc3cccc4c3cnn4COCC[Si](C)(C)C)C2=O)C2SC(S(C)(=O)=O)=NC21. The standard InChI is InChI=1S/C23H32N6O4S2Si/c1-27-19-17(20-21(27)26-23(34-20)35(2,31)32)12-24-28(22(19)30)13-15-7-6-8-18-16(15)11-25-29(18)14-33-9-10-36(3,4)5/h6-8,11,20-21,24H,9-10,12-14H2,1-5H3. The van der Waals surface area contributed by atoms with E-state index in [1.807, 2.05) is 41.0 Å². The molecule has 1 aromatic carbocycles. The summed E-state index contributed by atoms with van der Waals surface area (Å²) >= 11 is 1.23. The number of carbonyl (C=O) groups is 1. The van der Waals surface area contributed by atoms with Gasteiger partial charge < -0.3 is 9.64 Å². The highest BCUT2D eigenvalue weighted by molar-refractivity contribution is 8.35. The summed E-state index contributed by atoms with van der Waals surface area (Å²) in [6, 6.07) is 7.10. The molecule has 0 saturated carbocycles. The highest BCUT2D eigenvalue weighted by atomic mass is 32.3. The van der Waals surface area contributed by atoms with E-state index >= 15 is 0 Å². The zero-order valence-electron chi connectivity index (χ0n) is 21.2. The largest absolute Gasteiger partial charge is 0.360 e. The summed E-state index contributed by atoms with van der Waals surface area (Å²) in [4.78, 5) is 19.7. The molecule has 1 amide bonds. The van der Waals surface area contributed by atoms with E-state index in [0.29, 0.717) is 25.5 Å². The number of benzene rings is 1. The van der Waals surface area contributed by atoms with Gasteiger partial charge in [0.05, 0.1) is 23.5 Å². The van der Waals surface area contributed by atoms with Gasteiger partial charge in [0.25, 0.3) is 5.91 Å². The Hall–Kier alpha value is -2.19. The number of amides is 1. The maximum Gasteiger partial charge on any atom is 0.284 e. The van der Waals surface area contributed by atoms with E-state index < -0.39 is 17.9 Å². The lowest BCUT2D eigenvalue weighted by Crippen LogP contribution is -2.49. The Morgan fingerprint density at radius 1 is 1.28 bits per heavy atom. The number of sulfone groups is 1. The number of nitrogens with one attached hydrogen (secondary N) is 1. The lowest BCUT2D eigenvalue weighted by atomic mass is 10.1. The third kappa shape index (κ3) is 4.74. The van der Waals surface area contributed by atoms with Crippen LogP contribution < -0.4 is 5.43 Å². The van der Waals surface area contributed by atoms with Crippen molar-refractivity contribution >= 4 is 50.9 Å². The van der Waals surface area contributed by atoms with Gasteiger partial charge in [-0.05, 0) is 23.2 Å². The van der Waals surface area contributed by atoms with Gasteiger partial charge in [0.15, 0.2) is 14.2 Å². The molecule has 2 unspecified atom stereocenters. The highest BCUT2D eigenvalue weighted by Crippen LogP contribution is 2.44. The van der Waals surface area contributed by atoms with Crippen molar-refractivity contribution in [2.75, 3.05) is 26.5 Å². The van der Waals surface area contributed by atoms with Crippen molar-refractivity contribution in [1.82, 2.24) is 25.1 Å². The molecule has 13 heteroatoms. The molecule has 194 valence electrons. The molecule has 0 saturated heterocycles. The average Bonchev–Trinajstić information content (AvgIpc) is 3.47. The predicted molar refractivity (Wildman–Crippen MR) is 145 cm³/mol. The number of aromatic nitrogens is 2. The van der Waals surface area contributed by atoms with E-state index in [4.69, 9.17) is 4.74 Å². The molecule has 3 aliphatic rings. The number of nitrogens with zero attached hydrogens (tertiary/aromatic N) is 5. The van der Waals surface area contributed by atoms with E-state index in [2.05, 4.69) is 35.2 Å². The normalized spacial score (nSPS) is 22.5. The highest BCUT2D eigenvalue weighted by Gasteiger charge is 2.49. The maximum atomic E-state index is 13.5. The quantitative estimate of drug-likeness (QED) is 0.415. The topological polar surface area (TPSA) is 109 Å². The third-order valence-corrected chi connectivity index (χ3v) is 11.4. The second-order valence-electron chi connectivity index (χ2n) is 10.7. The van der Waals surface area contributed by atoms with Gasteiger partial charge in [0, 0.05) is 39.9 Å². The van der Waals surface area contributed by atoms with Crippen LogP contribution in [0.15, 0.2) is 40.7 Å². The lowest BCUT2D eigenvalue weighted by Gasteiger charge is -2.31. The number of likely N-dealkylation sites (N-methyl/N-ethyl adjacent to an activating group) is 1. The Labute approximate surface area is 216 Å². The van der Waals surface area contributed by atoms with Crippen molar-refractivity contribution in [3.63, 3.8) is 0 Å². The molecular weight excluding hydrogens is 517 g/mol. The number of carbonyl (C=O) groups excluding carboxylic acids is 1. The maximum absolute atomic E-state index is 13.5. The van der Waals surface area contributed by atoms with E-state index in [1.54, 1.807) is 5.01 Å². The fourth-order valence-electron chi connectivity index (χ4n) is 4.68. The molecule has 10 nitrogen and oxygen atoms in total. The summed E-state index contributed by atoms with van der Waals surface area (Å²) in [6.45, 7) is 8.95. The summed E-state index contributed by atoms with van der Waals surface area (Å²) in [5, 5.41) is 6.96. The average molecular weight is 549 g/mol. The molecule has 0 aliphatic carbocycles. The molecule has 5 rings (SSSR count). The minimum atomic E-state index is -3.37. The first kappa shape index (κ1) is 25.5. The van der Waals surface area contributed by atoms with Crippen molar-refractivity contribution in [3.8, 4) is 0 Å². The first-order chi connectivity index (χ1) is 16.9. The first-order valence-corrected chi connectivity index (χ1v) is 18.4. The Morgan fingerprint density at radius 2 is 2.06 bits per heavy atom. The van der Waals surface area contributed by atoms with Crippen molar-refractivity contribution in [1.29, 1.82) is 0 Å². The fraction of sp³-hybridized carbons (Fsp3) is 0.522. The van der Waals surface area contributed by atoms with Crippen LogP contribution in [0.2, 0.25) is 25.7 Å². The van der Waals surface area contributed by atoms with Crippen LogP contribution in [0.1, 0.15) is 5.56 Å². The molecule has 1 aromatic heterocycles. The minimum Gasteiger partial charge on any atom is -0.360 e. The van der Waals surface area contributed by atoms with Crippen molar-refractivity contribution in [2.24, 2.45) is 4.99 Å². The molecule has 36 heavy (non-hydrogen) atoms. The second-order valence-corrected chi connectivity index (χ2v) is 19.6. The van der Waals surface area contributed by atoms with Crippen LogP contribution in [0.4, 0.5) is 0 Å². The molecule has 1 N–H and O–H groups in total. The van der Waals surface area contributed by atoms with Gasteiger partial charge in [-0.3, -0.25) is 9.80 Å². The number of hydrogen-bond acceptors (Lipinski definition) is 9. The van der Waals surface area contributed by atoms with E-state index in [1.165, 1.54) is 18.0 Å². The Morgan fingerprint density at radius 3 is 2.78 bits per heavy atom. The molecule has 2 atom stereocenters. The number of aliphatic imine (C=N–C) groups is 1. The first-order valence-electron chi connectivity index (χ1n) is 11.9. The van der Waals surface area contributed by atoms with Gasteiger partial charge in [-0.1, -0.05) is 43.5 Å². The summed E-state index contributed by atoms with van der Waals surface area (Å²) in [5.41, 5.74) is 6.70. The molecular formula is C23H32N6O4S2Si. The number of fused-ring (bicyclic) bond motifs is 3. The van der Waals surface area contributed by atoms with Gasteiger partial charge >= 0.3 is 0 Å². The van der Waals surface area contributed by atoms with Crippen LogP contribution >= 0.6 is 11.8 Å². The van der Waals surface area contributed by atoms with Crippen LogP contribution in [-0.2, 0) is 32.6 Å². The van der Waals surface area contributed by atoms with E-state index in [0.717, 1.165) is 34.7 Å². The van der Waals surface area contributed by atoms with E-state index in [9.17, 15) is 13.2 Å². The summed E-state index contributed by atoms with van der Waals surface area (Å²) in [7, 11) is -2.71. The molecule has 0 spiro atoms. The van der Waals surface area contributed by atoms with Gasteiger partial charge in [-0.2, -0.15) is 5.10 Å². The van der Waals surface area contributed by atoms with Crippen LogP contribution in [0.25, 0.3) is 10.9 Å². The van der Waals surface area contributed by atoms with Gasteiger partial charge in [0.2, 0.25) is 0 Å².